The summed E-state index contributed by atoms with van der Waals surface area (Å²) in [4.78, 5) is 0. The monoisotopic (exact) mass is 502 g/mol. The second-order valence-electron chi connectivity index (χ2n) is 0. The maximum atomic E-state index is 0. The Kier molecular flexibility index (Phi) is 5350. The normalized spacial score (nSPS) is 0. The molecule has 0 fully saturated rings. The zero-order valence-corrected chi connectivity index (χ0v) is 17.3. The fourth-order valence-electron chi connectivity index (χ4n) is 0. The van der Waals surface area contributed by atoms with Gasteiger partial charge in [0.2, 0.25) is 0 Å². The molecule has 0 atom stereocenters. The summed E-state index contributed by atoms with van der Waals surface area (Å²) < 4.78 is 0. The zero-order chi connectivity index (χ0) is 0. The summed E-state index contributed by atoms with van der Waals surface area (Å²) in [7, 11) is 0. The van der Waals surface area contributed by atoms with Crippen molar-refractivity contribution in [2.75, 3.05) is 0 Å². The summed E-state index contributed by atoms with van der Waals surface area (Å²) >= 11 is 0. The molecule has 0 spiro atoms. The van der Waals surface area contributed by atoms with E-state index in [0.717, 1.165) is 0 Å². The largest absolute Gasteiger partial charge is 2.00 e. The van der Waals surface area contributed by atoms with Crippen molar-refractivity contribution >= 4 is 0 Å². The molecule has 15 heteroatoms. The van der Waals surface area contributed by atoms with Crippen molar-refractivity contribution in [1.29, 1.82) is 0 Å². The number of hydrogen-bond donors (Lipinski definition) is 0. The van der Waals surface area contributed by atoms with Gasteiger partial charge in [0.15, 0.2) is 0 Å². The molecule has 0 aromatic carbocycles. The summed E-state index contributed by atoms with van der Waals surface area (Å²) in [6.07, 6.45) is 0. The van der Waals surface area contributed by atoms with E-state index in [0.29, 0.717) is 0 Å². The van der Waals surface area contributed by atoms with E-state index in [1.807, 2.05) is 0 Å². The fourth-order valence-corrected chi connectivity index (χ4v) is 0. The third kappa shape index (κ3) is 233. The standard InChI is InChI=1S/2Co.2Mn.2Na.2Ni.7O/q4*+2;2*+1;2*+2;7*-2. The smallest absolute Gasteiger partial charge is 2.00 e. The van der Waals surface area contributed by atoms with Crippen LogP contribution in [-0.4, -0.2) is 0 Å². The molecule has 0 saturated carbocycles. The Labute approximate surface area is 194 Å². The first-order valence-electron chi connectivity index (χ1n) is 0. The van der Waals surface area contributed by atoms with E-state index in [1.165, 1.54) is 0 Å². The van der Waals surface area contributed by atoms with Crippen LogP contribution in [0.3, 0.4) is 0 Å². The molecule has 0 N–H and O–H groups in total. The molecule has 96 valence electrons. The van der Waals surface area contributed by atoms with Crippen molar-refractivity contribution in [3.8, 4) is 0 Å². The fraction of sp³-hybridized carbons (Fsp3) is 0. The molecule has 4 radical (unpaired) electrons. The van der Waals surface area contributed by atoms with Gasteiger partial charge in [-0.1, -0.05) is 0 Å². The summed E-state index contributed by atoms with van der Waals surface area (Å²) in [5, 5.41) is 0. The minimum atomic E-state index is 0. The van der Waals surface area contributed by atoms with Crippen molar-refractivity contribution in [1.82, 2.24) is 0 Å². The van der Waals surface area contributed by atoms with Crippen LogP contribution in [0.4, 0.5) is 0 Å². The molecule has 0 aliphatic rings. The molecule has 0 aliphatic carbocycles. The van der Waals surface area contributed by atoms with Crippen LogP contribution in [0.5, 0.6) is 0 Å². The van der Waals surface area contributed by atoms with Gasteiger partial charge in [0, 0.05) is 0 Å². The average molecular weight is 503 g/mol. The summed E-state index contributed by atoms with van der Waals surface area (Å²) in [6.45, 7) is 0. The molecule has 0 aromatic rings. The van der Waals surface area contributed by atoms with Crippen LogP contribution in [0.15, 0.2) is 0 Å². The minimum Gasteiger partial charge on any atom is -2.00 e. The van der Waals surface area contributed by atoms with Crippen molar-refractivity contribution in [3.05, 3.63) is 0 Å². The second kappa shape index (κ2) is 261. The van der Waals surface area contributed by atoms with Gasteiger partial charge in [-0.2, -0.15) is 0 Å². The molecule has 0 aliphatic heterocycles. The second-order valence-corrected chi connectivity index (χ2v) is 0. The number of hydrogen-bond acceptors (Lipinski definition) is 0. The van der Waals surface area contributed by atoms with Gasteiger partial charge in [0.1, 0.15) is 0 Å². The van der Waals surface area contributed by atoms with E-state index in [2.05, 4.69) is 0 Å². The molecule has 0 heterocycles. The van der Waals surface area contributed by atoms with Crippen molar-refractivity contribution in [3.63, 3.8) is 0 Å². The zero-order valence-electron chi connectivity index (χ0n) is 6.91. The average Bonchev–Trinajstić information content (AvgIpc) is 0. The van der Waals surface area contributed by atoms with Crippen LogP contribution < -0.4 is 59.1 Å². The first kappa shape index (κ1) is 307. The predicted octanol–water partition coefficient (Wildman–Crippen LogP) is -6.84. The Morgan fingerprint density at radius 1 is 0.333 bits per heavy atom. The van der Waals surface area contributed by atoms with E-state index in [1.54, 1.807) is 0 Å². The van der Waals surface area contributed by atoms with Gasteiger partial charge in [-0.05, 0) is 0 Å². The summed E-state index contributed by atoms with van der Waals surface area (Å²) in [5.41, 5.74) is 0. The maximum absolute atomic E-state index is 0. The Balaban J connectivity index is 0. The van der Waals surface area contributed by atoms with Crippen LogP contribution in [0, 0.1) is 0 Å². The van der Waals surface area contributed by atoms with Gasteiger partial charge in [-0.25, -0.2) is 0 Å². The summed E-state index contributed by atoms with van der Waals surface area (Å²) in [5.74, 6) is 0. The Bertz CT molecular complexity index is 31.0. The molecule has 7 nitrogen and oxygen atoms in total. The molecule has 0 unspecified atom stereocenters. The molecular formula is Co2Mn2Na2Ni2O7. The van der Waals surface area contributed by atoms with E-state index < -0.39 is 0 Å². The van der Waals surface area contributed by atoms with Crippen LogP contribution >= 0.6 is 0 Å². The maximum Gasteiger partial charge on any atom is 2.00 e. The van der Waals surface area contributed by atoms with E-state index in [-0.39, 0.29) is 198 Å². The van der Waals surface area contributed by atoms with Gasteiger partial charge in [-0.3, -0.25) is 0 Å². The van der Waals surface area contributed by atoms with E-state index in [9.17, 15) is 0 Å². The minimum absolute atomic E-state index is 0. The molecule has 0 saturated heterocycles. The van der Waals surface area contributed by atoms with Crippen LogP contribution in [-0.2, 0) is 139 Å². The van der Waals surface area contributed by atoms with Crippen LogP contribution in [0.25, 0.3) is 0 Å². The van der Waals surface area contributed by atoms with Gasteiger partial charge >= 0.3 is 160 Å². The Hall–Kier alpha value is 4.76. The molecule has 0 aromatic heterocycles. The predicted molar refractivity (Wildman–Crippen MR) is 4.81 cm³/mol. The van der Waals surface area contributed by atoms with Crippen molar-refractivity contribution in [2.45, 2.75) is 0 Å². The number of rotatable bonds is 0. The van der Waals surface area contributed by atoms with Crippen molar-refractivity contribution in [2.24, 2.45) is 0 Å². The van der Waals surface area contributed by atoms with E-state index in [4.69, 9.17) is 0 Å². The third-order valence-corrected chi connectivity index (χ3v) is 0. The topological polar surface area (TPSA) is 200 Å². The van der Waals surface area contributed by atoms with Gasteiger partial charge in [0.25, 0.3) is 0 Å². The van der Waals surface area contributed by atoms with Gasteiger partial charge < -0.3 is 38.3 Å². The summed E-state index contributed by atoms with van der Waals surface area (Å²) in [6, 6.07) is 0. The quantitative estimate of drug-likeness (QED) is 0.284. The van der Waals surface area contributed by atoms with Crippen molar-refractivity contribution < 1.29 is 198 Å². The third-order valence-electron chi connectivity index (χ3n) is 0. The van der Waals surface area contributed by atoms with Crippen LogP contribution in [0.2, 0.25) is 0 Å². The van der Waals surface area contributed by atoms with Crippen LogP contribution in [0.1, 0.15) is 0 Å². The van der Waals surface area contributed by atoms with Gasteiger partial charge in [0.05, 0.1) is 0 Å². The molecule has 0 bridgehead atoms. The first-order valence-corrected chi connectivity index (χ1v) is 0. The first-order chi connectivity index (χ1) is 0. The van der Waals surface area contributed by atoms with E-state index >= 15 is 0 Å². The Morgan fingerprint density at radius 2 is 0.333 bits per heavy atom. The Morgan fingerprint density at radius 3 is 0.333 bits per heavy atom. The molecule has 15 heavy (non-hydrogen) atoms. The molecule has 0 amide bonds. The van der Waals surface area contributed by atoms with Gasteiger partial charge in [-0.15, -0.1) is 0 Å². The molecular weight excluding hydrogens is 503 g/mol. The molecule has 0 rings (SSSR count). The SMILES string of the molecule is [Co+2].[Co+2].[Mn+2].[Mn+2].[Na+].[Na+].[Ni+2].[Ni+2].[O-2].[O-2].[O-2].[O-2].[O-2].[O-2].[O-2].